The molecule has 1 fully saturated rings. The Morgan fingerprint density at radius 1 is 1.16 bits per heavy atom. The van der Waals surface area contributed by atoms with Crippen LogP contribution in [0.15, 0.2) is 18.2 Å². The van der Waals surface area contributed by atoms with Crippen LogP contribution in [0.5, 0.6) is 11.5 Å². The number of rotatable bonds is 8. The van der Waals surface area contributed by atoms with Crippen LogP contribution in [0, 0.1) is 5.92 Å². The lowest BCUT2D eigenvalue weighted by atomic mass is 10.0. The summed E-state index contributed by atoms with van der Waals surface area (Å²) in [5.41, 5.74) is 0.729. The number of hydrogen-bond donors (Lipinski definition) is 0. The Morgan fingerprint density at radius 2 is 1.84 bits per heavy atom. The van der Waals surface area contributed by atoms with Crippen LogP contribution in [-0.2, 0) is 0 Å². The van der Waals surface area contributed by atoms with E-state index in [0.717, 1.165) is 17.9 Å². The van der Waals surface area contributed by atoms with E-state index in [0.29, 0.717) is 31.1 Å². The fourth-order valence-electron chi connectivity index (χ4n) is 2.11. The summed E-state index contributed by atoms with van der Waals surface area (Å²) in [6.45, 7) is 5.02. The number of benzene rings is 1. The van der Waals surface area contributed by atoms with Crippen molar-refractivity contribution in [3.05, 3.63) is 23.8 Å². The topological polar surface area (TPSA) is 35.5 Å². The molecule has 0 spiro atoms. The van der Waals surface area contributed by atoms with Crippen LogP contribution in [0.1, 0.15) is 49.9 Å². The van der Waals surface area contributed by atoms with Gasteiger partial charge in [0.2, 0.25) is 0 Å². The van der Waals surface area contributed by atoms with Crippen LogP contribution in [-0.4, -0.2) is 19.0 Å². The predicted octanol–water partition coefficient (Wildman–Crippen LogP) is 3.86. The average molecular weight is 262 g/mol. The van der Waals surface area contributed by atoms with Gasteiger partial charge in [-0.3, -0.25) is 4.79 Å². The molecule has 0 bridgehead atoms. The summed E-state index contributed by atoms with van der Waals surface area (Å²) in [4.78, 5) is 12.1. The molecule has 1 aliphatic rings. The highest BCUT2D eigenvalue weighted by Crippen LogP contribution is 2.34. The molecular formula is C16H22O3. The minimum atomic E-state index is 0.205. The van der Waals surface area contributed by atoms with E-state index in [1.807, 2.05) is 32.0 Å². The Bertz CT molecular complexity index is 436. The molecule has 3 nitrogen and oxygen atoms in total. The summed E-state index contributed by atoms with van der Waals surface area (Å²) in [6, 6.07) is 5.48. The van der Waals surface area contributed by atoms with E-state index in [1.54, 1.807) is 0 Å². The fourth-order valence-corrected chi connectivity index (χ4v) is 2.11. The zero-order valence-corrected chi connectivity index (χ0v) is 11.8. The van der Waals surface area contributed by atoms with E-state index in [4.69, 9.17) is 9.47 Å². The first-order chi connectivity index (χ1) is 9.24. The largest absolute Gasteiger partial charge is 0.490 e. The van der Waals surface area contributed by atoms with Gasteiger partial charge in [-0.05, 0) is 44.4 Å². The van der Waals surface area contributed by atoms with Crippen LogP contribution in [0.25, 0.3) is 0 Å². The second-order valence-electron chi connectivity index (χ2n) is 4.93. The quantitative estimate of drug-likeness (QED) is 0.667. The van der Waals surface area contributed by atoms with Crippen molar-refractivity contribution in [3.63, 3.8) is 0 Å². The highest BCUT2D eigenvalue weighted by molar-refractivity contribution is 5.96. The molecule has 1 saturated carbocycles. The molecule has 0 amide bonds. The van der Waals surface area contributed by atoms with Crippen molar-refractivity contribution in [1.29, 1.82) is 0 Å². The summed E-state index contributed by atoms with van der Waals surface area (Å²) >= 11 is 0. The van der Waals surface area contributed by atoms with Crippen LogP contribution in [0.3, 0.4) is 0 Å². The molecule has 0 saturated heterocycles. The lowest BCUT2D eigenvalue weighted by Gasteiger charge is -2.12. The normalized spacial score (nSPS) is 14.2. The van der Waals surface area contributed by atoms with Crippen molar-refractivity contribution >= 4 is 5.78 Å². The summed E-state index contributed by atoms with van der Waals surface area (Å²) in [6.07, 6.45) is 4.25. The van der Waals surface area contributed by atoms with Gasteiger partial charge < -0.3 is 9.47 Å². The van der Waals surface area contributed by atoms with Gasteiger partial charge >= 0.3 is 0 Å². The lowest BCUT2D eigenvalue weighted by Crippen LogP contribution is -2.03. The first kappa shape index (κ1) is 13.9. The Morgan fingerprint density at radius 3 is 2.47 bits per heavy atom. The Kier molecular flexibility index (Phi) is 4.83. The minimum absolute atomic E-state index is 0.205. The van der Waals surface area contributed by atoms with Crippen molar-refractivity contribution in [2.75, 3.05) is 13.2 Å². The molecule has 0 aromatic heterocycles. The SMILES string of the molecule is CCOc1ccc(C(=O)CCC2CC2)cc1OCC. The zero-order chi connectivity index (χ0) is 13.7. The van der Waals surface area contributed by atoms with Gasteiger partial charge in [-0.25, -0.2) is 0 Å². The maximum atomic E-state index is 12.1. The number of carbonyl (C=O) groups is 1. The van der Waals surface area contributed by atoms with Crippen molar-refractivity contribution in [2.24, 2.45) is 5.92 Å². The first-order valence-corrected chi connectivity index (χ1v) is 7.17. The van der Waals surface area contributed by atoms with E-state index < -0.39 is 0 Å². The number of ketones is 1. The molecular weight excluding hydrogens is 240 g/mol. The second-order valence-corrected chi connectivity index (χ2v) is 4.93. The Labute approximate surface area is 114 Å². The number of carbonyl (C=O) groups excluding carboxylic acids is 1. The summed E-state index contributed by atoms with van der Waals surface area (Å²) in [5.74, 6) is 2.37. The molecule has 2 rings (SSSR count). The van der Waals surface area contributed by atoms with E-state index in [2.05, 4.69) is 0 Å². The molecule has 1 aromatic carbocycles. The average Bonchev–Trinajstić information content (AvgIpc) is 3.22. The standard InChI is InChI=1S/C16H22O3/c1-3-18-15-10-8-13(11-16(15)19-4-2)14(17)9-7-12-5-6-12/h8,10-12H,3-7,9H2,1-2H3. The molecule has 0 radical (unpaired) electrons. The Hall–Kier alpha value is -1.51. The third-order valence-corrected chi connectivity index (χ3v) is 3.34. The van der Waals surface area contributed by atoms with E-state index >= 15 is 0 Å². The van der Waals surface area contributed by atoms with Gasteiger partial charge in [0.1, 0.15) is 0 Å². The predicted molar refractivity (Wildman–Crippen MR) is 75.1 cm³/mol. The molecule has 104 valence electrons. The van der Waals surface area contributed by atoms with Crippen LogP contribution in [0.2, 0.25) is 0 Å². The monoisotopic (exact) mass is 262 g/mol. The fraction of sp³-hybridized carbons (Fsp3) is 0.562. The van der Waals surface area contributed by atoms with Gasteiger partial charge in [0.05, 0.1) is 13.2 Å². The zero-order valence-electron chi connectivity index (χ0n) is 11.8. The molecule has 0 N–H and O–H groups in total. The smallest absolute Gasteiger partial charge is 0.163 e. The molecule has 1 aliphatic carbocycles. The van der Waals surface area contributed by atoms with E-state index in [-0.39, 0.29) is 5.78 Å². The highest BCUT2D eigenvalue weighted by Gasteiger charge is 2.22. The van der Waals surface area contributed by atoms with Crippen molar-refractivity contribution < 1.29 is 14.3 Å². The molecule has 3 heteroatoms. The van der Waals surface area contributed by atoms with Gasteiger partial charge in [-0.1, -0.05) is 12.8 Å². The molecule has 0 atom stereocenters. The van der Waals surface area contributed by atoms with Crippen LogP contribution >= 0.6 is 0 Å². The molecule has 0 heterocycles. The third kappa shape index (κ3) is 3.98. The number of Topliss-reactive ketones (excluding diaryl/α,β-unsaturated/α-hetero) is 1. The summed E-state index contributed by atoms with van der Waals surface area (Å²) < 4.78 is 11.0. The maximum Gasteiger partial charge on any atom is 0.163 e. The number of ether oxygens (including phenoxy) is 2. The van der Waals surface area contributed by atoms with Crippen LogP contribution in [0.4, 0.5) is 0 Å². The van der Waals surface area contributed by atoms with Gasteiger partial charge in [-0.2, -0.15) is 0 Å². The van der Waals surface area contributed by atoms with E-state index in [9.17, 15) is 4.79 Å². The van der Waals surface area contributed by atoms with Crippen molar-refractivity contribution in [2.45, 2.75) is 39.5 Å². The molecule has 0 aliphatic heterocycles. The van der Waals surface area contributed by atoms with Gasteiger partial charge in [0, 0.05) is 12.0 Å². The number of hydrogen-bond acceptors (Lipinski definition) is 3. The van der Waals surface area contributed by atoms with Gasteiger partial charge in [0.15, 0.2) is 17.3 Å². The van der Waals surface area contributed by atoms with Gasteiger partial charge in [-0.15, -0.1) is 0 Å². The summed E-state index contributed by atoms with van der Waals surface area (Å²) in [5, 5.41) is 0. The summed E-state index contributed by atoms with van der Waals surface area (Å²) in [7, 11) is 0. The maximum absolute atomic E-state index is 12.1. The molecule has 0 unspecified atom stereocenters. The second kappa shape index (κ2) is 6.60. The van der Waals surface area contributed by atoms with Gasteiger partial charge in [0.25, 0.3) is 0 Å². The Balaban J connectivity index is 2.06. The minimum Gasteiger partial charge on any atom is -0.490 e. The lowest BCUT2D eigenvalue weighted by molar-refractivity contribution is 0.0977. The van der Waals surface area contributed by atoms with E-state index in [1.165, 1.54) is 12.8 Å². The molecule has 1 aromatic rings. The van der Waals surface area contributed by atoms with Crippen LogP contribution < -0.4 is 9.47 Å². The van der Waals surface area contributed by atoms with Crippen molar-refractivity contribution in [3.8, 4) is 11.5 Å². The first-order valence-electron chi connectivity index (χ1n) is 7.17. The highest BCUT2D eigenvalue weighted by atomic mass is 16.5. The third-order valence-electron chi connectivity index (χ3n) is 3.34. The molecule has 19 heavy (non-hydrogen) atoms. The van der Waals surface area contributed by atoms with Crippen molar-refractivity contribution in [1.82, 2.24) is 0 Å².